The molecule has 17 heavy (non-hydrogen) atoms. The number of nitrogens with zero attached hydrogens (tertiary/aromatic N) is 3. The van der Waals surface area contributed by atoms with Gasteiger partial charge in [0, 0.05) is 44.8 Å². The van der Waals surface area contributed by atoms with E-state index in [0.717, 1.165) is 37.0 Å². The summed E-state index contributed by atoms with van der Waals surface area (Å²) in [5.74, 6) is 0. The molecule has 4 nitrogen and oxygen atoms in total. The van der Waals surface area contributed by atoms with Crippen LogP contribution in [0.1, 0.15) is 24.6 Å². The number of hydrogen-bond donors (Lipinski definition) is 1. The summed E-state index contributed by atoms with van der Waals surface area (Å²) in [4.78, 5) is 2.51. The first-order valence-corrected chi connectivity index (χ1v) is 6.64. The van der Waals surface area contributed by atoms with Gasteiger partial charge in [0.2, 0.25) is 0 Å². The van der Waals surface area contributed by atoms with E-state index in [1.165, 1.54) is 12.0 Å². The van der Waals surface area contributed by atoms with Crippen LogP contribution in [0.5, 0.6) is 0 Å². The molecule has 1 aromatic heterocycles. The summed E-state index contributed by atoms with van der Waals surface area (Å²) in [7, 11) is 1.90. The molecule has 2 heterocycles. The maximum atomic E-state index is 6.28. The zero-order chi connectivity index (χ0) is 12.4. The second-order valence-corrected chi connectivity index (χ2v) is 5.07. The Morgan fingerprint density at radius 2 is 2.29 bits per heavy atom. The number of nitrogens with one attached hydrogen (secondary N) is 1. The lowest BCUT2D eigenvalue weighted by atomic mass is 10.1. The molecule has 0 saturated carbocycles. The molecule has 1 unspecified atom stereocenters. The summed E-state index contributed by atoms with van der Waals surface area (Å²) in [5, 5.41) is 8.58. The number of halogens is 1. The van der Waals surface area contributed by atoms with Gasteiger partial charge in [0.25, 0.3) is 0 Å². The predicted molar refractivity (Wildman–Crippen MR) is 70.3 cm³/mol. The minimum Gasteiger partial charge on any atom is -0.314 e. The molecule has 1 aliphatic rings. The quantitative estimate of drug-likeness (QED) is 0.891. The average Bonchev–Trinajstić information content (AvgIpc) is 2.57. The lowest BCUT2D eigenvalue weighted by Gasteiger charge is -2.35. The van der Waals surface area contributed by atoms with Gasteiger partial charge in [0.15, 0.2) is 0 Å². The molecular weight excluding hydrogens is 236 g/mol. The molecule has 0 aromatic carbocycles. The zero-order valence-corrected chi connectivity index (χ0v) is 11.6. The summed E-state index contributed by atoms with van der Waals surface area (Å²) in [5.41, 5.74) is 2.22. The summed E-state index contributed by atoms with van der Waals surface area (Å²) in [6, 6.07) is 0.611. The van der Waals surface area contributed by atoms with Crippen LogP contribution in [-0.4, -0.2) is 40.4 Å². The fourth-order valence-electron chi connectivity index (χ4n) is 2.47. The standard InChI is InChI=1S/C12H21ClN4/c1-4-10-7-14-5-6-17(10)8-11-9(2)15-16(3)12(11)13/h10,14H,4-8H2,1-3H3. The van der Waals surface area contributed by atoms with Crippen molar-refractivity contribution >= 4 is 11.6 Å². The van der Waals surface area contributed by atoms with Gasteiger partial charge in [0.05, 0.1) is 5.69 Å². The summed E-state index contributed by atoms with van der Waals surface area (Å²) in [6.07, 6.45) is 1.17. The van der Waals surface area contributed by atoms with E-state index in [0.29, 0.717) is 6.04 Å². The van der Waals surface area contributed by atoms with E-state index in [4.69, 9.17) is 11.6 Å². The fraction of sp³-hybridized carbons (Fsp3) is 0.750. The normalized spacial score (nSPS) is 22.0. The highest BCUT2D eigenvalue weighted by Gasteiger charge is 2.23. The van der Waals surface area contributed by atoms with Gasteiger partial charge in [-0.1, -0.05) is 18.5 Å². The van der Waals surface area contributed by atoms with Crippen LogP contribution in [0.2, 0.25) is 5.15 Å². The number of aryl methyl sites for hydroxylation is 2. The Morgan fingerprint density at radius 1 is 1.53 bits per heavy atom. The first-order valence-electron chi connectivity index (χ1n) is 6.26. The van der Waals surface area contributed by atoms with Gasteiger partial charge < -0.3 is 5.32 Å². The summed E-state index contributed by atoms with van der Waals surface area (Å²) < 4.78 is 1.76. The maximum Gasteiger partial charge on any atom is 0.131 e. The van der Waals surface area contributed by atoms with Gasteiger partial charge in [-0.15, -0.1) is 0 Å². The van der Waals surface area contributed by atoms with E-state index in [-0.39, 0.29) is 0 Å². The van der Waals surface area contributed by atoms with Crippen molar-refractivity contribution in [2.75, 3.05) is 19.6 Å². The third kappa shape index (κ3) is 2.64. The Bertz CT molecular complexity index is 388. The minimum absolute atomic E-state index is 0.611. The number of aromatic nitrogens is 2. The van der Waals surface area contributed by atoms with Crippen LogP contribution >= 0.6 is 11.6 Å². The molecule has 1 saturated heterocycles. The van der Waals surface area contributed by atoms with Crippen molar-refractivity contribution in [2.45, 2.75) is 32.9 Å². The molecule has 0 amide bonds. The van der Waals surface area contributed by atoms with Crippen molar-refractivity contribution in [3.8, 4) is 0 Å². The van der Waals surface area contributed by atoms with E-state index in [2.05, 4.69) is 22.2 Å². The highest BCUT2D eigenvalue weighted by Crippen LogP contribution is 2.22. The Labute approximate surface area is 108 Å². The van der Waals surface area contributed by atoms with Gasteiger partial charge in [-0.25, -0.2) is 0 Å². The molecule has 1 aromatic rings. The first kappa shape index (κ1) is 12.9. The van der Waals surface area contributed by atoms with Crippen molar-refractivity contribution < 1.29 is 0 Å². The van der Waals surface area contributed by atoms with Crippen molar-refractivity contribution in [3.63, 3.8) is 0 Å². The van der Waals surface area contributed by atoms with E-state index in [9.17, 15) is 0 Å². The predicted octanol–water partition coefficient (Wildman–Crippen LogP) is 1.57. The molecular formula is C12H21ClN4. The van der Waals surface area contributed by atoms with E-state index in [1.54, 1.807) is 4.68 Å². The van der Waals surface area contributed by atoms with Crippen LogP contribution in [0, 0.1) is 6.92 Å². The SMILES string of the molecule is CCC1CNCCN1Cc1c(C)nn(C)c1Cl. The summed E-state index contributed by atoms with van der Waals surface area (Å²) >= 11 is 6.28. The molecule has 0 aliphatic carbocycles. The molecule has 2 rings (SSSR count). The van der Waals surface area contributed by atoms with Crippen LogP contribution in [0.25, 0.3) is 0 Å². The third-order valence-corrected chi connectivity index (χ3v) is 4.05. The van der Waals surface area contributed by atoms with Crippen molar-refractivity contribution in [1.82, 2.24) is 20.0 Å². The molecule has 1 aliphatic heterocycles. The van der Waals surface area contributed by atoms with Crippen LogP contribution in [0.3, 0.4) is 0 Å². The van der Waals surface area contributed by atoms with E-state index < -0.39 is 0 Å². The second-order valence-electron chi connectivity index (χ2n) is 4.72. The van der Waals surface area contributed by atoms with Gasteiger partial charge in [0.1, 0.15) is 5.15 Å². The molecule has 1 N–H and O–H groups in total. The van der Waals surface area contributed by atoms with E-state index in [1.807, 2.05) is 14.0 Å². The molecule has 0 radical (unpaired) electrons. The molecule has 0 bridgehead atoms. The zero-order valence-electron chi connectivity index (χ0n) is 10.8. The van der Waals surface area contributed by atoms with Gasteiger partial charge in [-0.3, -0.25) is 9.58 Å². The number of piperazine rings is 1. The van der Waals surface area contributed by atoms with Crippen molar-refractivity contribution in [3.05, 3.63) is 16.4 Å². The lowest BCUT2D eigenvalue weighted by molar-refractivity contribution is 0.149. The Hall–Kier alpha value is -0.580. The van der Waals surface area contributed by atoms with Crippen LogP contribution in [-0.2, 0) is 13.6 Å². The van der Waals surface area contributed by atoms with Gasteiger partial charge in [-0.05, 0) is 13.3 Å². The topological polar surface area (TPSA) is 33.1 Å². The van der Waals surface area contributed by atoms with Crippen LogP contribution < -0.4 is 5.32 Å². The van der Waals surface area contributed by atoms with Gasteiger partial charge in [-0.2, -0.15) is 5.10 Å². The molecule has 0 spiro atoms. The first-order chi connectivity index (χ1) is 8.13. The molecule has 1 fully saturated rings. The smallest absolute Gasteiger partial charge is 0.131 e. The number of rotatable bonds is 3. The van der Waals surface area contributed by atoms with Gasteiger partial charge >= 0.3 is 0 Å². The highest BCUT2D eigenvalue weighted by molar-refractivity contribution is 6.30. The van der Waals surface area contributed by atoms with Crippen molar-refractivity contribution in [1.29, 1.82) is 0 Å². The van der Waals surface area contributed by atoms with Crippen LogP contribution in [0.4, 0.5) is 0 Å². The molecule has 5 heteroatoms. The maximum absolute atomic E-state index is 6.28. The minimum atomic E-state index is 0.611. The molecule has 1 atom stereocenters. The summed E-state index contributed by atoms with van der Waals surface area (Å²) in [6.45, 7) is 8.41. The van der Waals surface area contributed by atoms with Crippen molar-refractivity contribution in [2.24, 2.45) is 7.05 Å². The number of hydrogen-bond acceptors (Lipinski definition) is 3. The Balaban J connectivity index is 2.13. The van der Waals surface area contributed by atoms with E-state index >= 15 is 0 Å². The Kier molecular flexibility index (Phi) is 4.07. The lowest BCUT2D eigenvalue weighted by Crippen LogP contribution is -2.50. The average molecular weight is 257 g/mol. The molecule has 96 valence electrons. The van der Waals surface area contributed by atoms with Crippen LogP contribution in [0.15, 0.2) is 0 Å². The fourth-order valence-corrected chi connectivity index (χ4v) is 2.70. The Morgan fingerprint density at radius 3 is 2.88 bits per heavy atom. The second kappa shape index (κ2) is 5.38. The highest BCUT2D eigenvalue weighted by atomic mass is 35.5. The monoisotopic (exact) mass is 256 g/mol. The third-order valence-electron chi connectivity index (χ3n) is 3.57. The largest absolute Gasteiger partial charge is 0.314 e.